The summed E-state index contributed by atoms with van der Waals surface area (Å²) in [7, 11) is 0. The van der Waals surface area contributed by atoms with Crippen molar-refractivity contribution < 1.29 is 19.1 Å². The number of nitrogens with zero attached hydrogens (tertiary/aromatic N) is 1. The lowest BCUT2D eigenvalue weighted by Crippen LogP contribution is -2.25. The van der Waals surface area contributed by atoms with Crippen molar-refractivity contribution in [2.24, 2.45) is 0 Å². The summed E-state index contributed by atoms with van der Waals surface area (Å²) in [4.78, 5) is 27.3. The fraction of sp³-hybridized carbons (Fsp3) is 0.822. The van der Waals surface area contributed by atoms with Crippen molar-refractivity contribution in [2.45, 2.75) is 220 Å². The Balaban J connectivity index is 2.26. The summed E-state index contributed by atoms with van der Waals surface area (Å²) in [6, 6.07) is 10.8. The lowest BCUT2D eigenvalue weighted by atomic mass is 10.0. The fourth-order valence-electron chi connectivity index (χ4n) is 6.80. The number of hydrogen-bond acceptors (Lipinski definition) is 5. The van der Waals surface area contributed by atoms with Crippen LogP contribution in [0.3, 0.4) is 0 Å². The lowest BCUT2D eigenvalue weighted by Gasteiger charge is -2.22. The minimum atomic E-state index is -0.0218. The molecule has 5 nitrogen and oxygen atoms in total. The van der Waals surface area contributed by atoms with Gasteiger partial charge < -0.3 is 9.47 Å². The Labute approximate surface area is 310 Å². The average molecular weight is 700 g/mol. The Morgan fingerprint density at radius 3 is 1.50 bits per heavy atom. The highest BCUT2D eigenvalue weighted by molar-refractivity contribution is 5.69. The van der Waals surface area contributed by atoms with Crippen molar-refractivity contribution in [3.05, 3.63) is 35.9 Å². The van der Waals surface area contributed by atoms with E-state index in [9.17, 15) is 9.59 Å². The Bertz CT molecular complexity index is 875. The molecule has 1 rings (SSSR count). The first-order valence-electron chi connectivity index (χ1n) is 21.7. The van der Waals surface area contributed by atoms with Gasteiger partial charge in [0.25, 0.3) is 0 Å². The molecular formula is C45H81NO4. The van der Waals surface area contributed by atoms with Crippen LogP contribution in [0.15, 0.2) is 30.3 Å². The summed E-state index contributed by atoms with van der Waals surface area (Å²) in [6.07, 6.45) is 33.3. The molecule has 50 heavy (non-hydrogen) atoms. The van der Waals surface area contributed by atoms with Crippen LogP contribution in [0.2, 0.25) is 0 Å². The summed E-state index contributed by atoms with van der Waals surface area (Å²) in [5, 5.41) is 0. The number of hydrogen-bond donors (Lipinski definition) is 0. The van der Waals surface area contributed by atoms with Gasteiger partial charge >= 0.3 is 11.9 Å². The lowest BCUT2D eigenvalue weighted by molar-refractivity contribution is -0.150. The Morgan fingerprint density at radius 1 is 0.520 bits per heavy atom. The predicted octanol–water partition coefficient (Wildman–Crippen LogP) is 13.3. The highest BCUT2D eigenvalue weighted by Gasteiger charge is 2.14. The normalized spacial score (nSPS) is 12.0. The zero-order valence-electron chi connectivity index (χ0n) is 33.4. The minimum absolute atomic E-state index is 0.0218. The number of carbonyl (C=O) groups excluding carboxylic acids is 2. The summed E-state index contributed by atoms with van der Waals surface area (Å²) in [6.45, 7) is 10.6. The Kier molecular flexibility index (Phi) is 32.8. The molecule has 0 saturated heterocycles. The van der Waals surface area contributed by atoms with Gasteiger partial charge in [0.05, 0.1) is 6.61 Å². The SMILES string of the molecule is CCCCCCCCC(CCCCCCC)OC(=O)CCCCCCCN(CCCCCCCC(=O)OCCCCCC)Cc1ccccc1. The number of ether oxygens (including phenoxy) is 2. The molecule has 1 aromatic rings. The van der Waals surface area contributed by atoms with E-state index in [1.54, 1.807) is 0 Å². The van der Waals surface area contributed by atoms with E-state index in [1.165, 1.54) is 128 Å². The largest absolute Gasteiger partial charge is 0.466 e. The van der Waals surface area contributed by atoms with Gasteiger partial charge in [-0.15, -0.1) is 0 Å². The fourth-order valence-corrected chi connectivity index (χ4v) is 6.80. The maximum atomic E-state index is 12.7. The third-order valence-corrected chi connectivity index (χ3v) is 10.0. The number of unbranched alkanes of at least 4 members (excludes halogenated alkanes) is 20. The van der Waals surface area contributed by atoms with Gasteiger partial charge in [0.15, 0.2) is 0 Å². The van der Waals surface area contributed by atoms with E-state index in [1.807, 2.05) is 0 Å². The summed E-state index contributed by atoms with van der Waals surface area (Å²) in [5.41, 5.74) is 1.38. The van der Waals surface area contributed by atoms with E-state index >= 15 is 0 Å². The Hall–Kier alpha value is -1.88. The molecule has 0 aliphatic carbocycles. The molecule has 0 saturated carbocycles. The summed E-state index contributed by atoms with van der Waals surface area (Å²) in [5.74, 6) is 0.00715. The maximum Gasteiger partial charge on any atom is 0.306 e. The quantitative estimate of drug-likeness (QED) is 0.0511. The molecule has 290 valence electrons. The molecule has 0 spiro atoms. The third kappa shape index (κ3) is 29.8. The van der Waals surface area contributed by atoms with Gasteiger partial charge in [-0.25, -0.2) is 0 Å². The van der Waals surface area contributed by atoms with E-state index in [2.05, 4.69) is 56.0 Å². The molecular weight excluding hydrogens is 618 g/mol. The van der Waals surface area contributed by atoms with Crippen LogP contribution in [0.25, 0.3) is 0 Å². The van der Waals surface area contributed by atoms with Crippen LogP contribution >= 0.6 is 0 Å². The first kappa shape index (κ1) is 46.1. The molecule has 5 heteroatoms. The number of benzene rings is 1. The van der Waals surface area contributed by atoms with E-state index in [4.69, 9.17) is 9.47 Å². The number of rotatable bonds is 37. The first-order chi connectivity index (χ1) is 24.6. The van der Waals surface area contributed by atoms with Crippen molar-refractivity contribution in [3.8, 4) is 0 Å². The zero-order chi connectivity index (χ0) is 36.2. The van der Waals surface area contributed by atoms with Gasteiger partial charge in [0.2, 0.25) is 0 Å². The maximum absolute atomic E-state index is 12.7. The smallest absolute Gasteiger partial charge is 0.306 e. The van der Waals surface area contributed by atoms with Crippen LogP contribution in [-0.4, -0.2) is 42.6 Å². The van der Waals surface area contributed by atoms with Crippen molar-refractivity contribution in [3.63, 3.8) is 0 Å². The first-order valence-corrected chi connectivity index (χ1v) is 21.7. The van der Waals surface area contributed by atoms with Crippen molar-refractivity contribution >= 4 is 11.9 Å². The summed E-state index contributed by atoms with van der Waals surface area (Å²) >= 11 is 0. The number of carbonyl (C=O) groups is 2. The van der Waals surface area contributed by atoms with Crippen molar-refractivity contribution in [1.82, 2.24) is 4.90 Å². The van der Waals surface area contributed by atoms with Gasteiger partial charge in [-0.1, -0.05) is 167 Å². The average Bonchev–Trinajstić information content (AvgIpc) is 3.12. The van der Waals surface area contributed by atoms with E-state index in [0.29, 0.717) is 19.4 Å². The van der Waals surface area contributed by atoms with Crippen molar-refractivity contribution in [2.75, 3.05) is 19.7 Å². The second-order valence-electron chi connectivity index (χ2n) is 14.9. The highest BCUT2D eigenvalue weighted by Crippen LogP contribution is 2.18. The molecule has 0 aromatic heterocycles. The van der Waals surface area contributed by atoms with Gasteiger partial charge in [0, 0.05) is 19.4 Å². The minimum Gasteiger partial charge on any atom is -0.466 e. The van der Waals surface area contributed by atoms with E-state index in [0.717, 1.165) is 71.0 Å². The molecule has 0 amide bonds. The standard InChI is InChI=1S/C45H81NO4/c1-4-7-10-13-17-26-35-43(34-25-16-11-8-5-2)50-45(48)37-28-19-15-21-30-39-46(41-42-32-23-22-24-33-42)38-29-20-14-18-27-36-44(47)49-40-31-12-9-6-3/h22-24,32-33,43H,4-21,25-31,34-41H2,1-3H3. The van der Waals surface area contributed by atoms with Crippen LogP contribution < -0.4 is 0 Å². The zero-order valence-corrected chi connectivity index (χ0v) is 33.4. The number of esters is 2. The van der Waals surface area contributed by atoms with Crippen LogP contribution in [0.4, 0.5) is 0 Å². The molecule has 0 radical (unpaired) electrons. The van der Waals surface area contributed by atoms with Gasteiger partial charge in [0.1, 0.15) is 6.10 Å². The van der Waals surface area contributed by atoms with Gasteiger partial charge in [-0.05, 0) is 76.4 Å². The summed E-state index contributed by atoms with van der Waals surface area (Å²) < 4.78 is 11.4. The van der Waals surface area contributed by atoms with Crippen LogP contribution in [0.1, 0.15) is 213 Å². The molecule has 0 fully saturated rings. The molecule has 0 N–H and O–H groups in total. The predicted molar refractivity (Wildman–Crippen MR) is 213 cm³/mol. The Morgan fingerprint density at radius 2 is 0.960 bits per heavy atom. The van der Waals surface area contributed by atoms with Crippen LogP contribution in [0.5, 0.6) is 0 Å². The topological polar surface area (TPSA) is 55.8 Å². The van der Waals surface area contributed by atoms with Crippen LogP contribution in [-0.2, 0) is 25.6 Å². The molecule has 0 bridgehead atoms. The molecule has 1 aromatic carbocycles. The molecule has 1 unspecified atom stereocenters. The highest BCUT2D eigenvalue weighted by atomic mass is 16.5. The third-order valence-electron chi connectivity index (χ3n) is 10.0. The van der Waals surface area contributed by atoms with Gasteiger partial charge in [-0.3, -0.25) is 14.5 Å². The monoisotopic (exact) mass is 700 g/mol. The van der Waals surface area contributed by atoms with E-state index in [-0.39, 0.29) is 18.0 Å². The van der Waals surface area contributed by atoms with Crippen molar-refractivity contribution in [1.29, 1.82) is 0 Å². The van der Waals surface area contributed by atoms with E-state index < -0.39 is 0 Å². The molecule has 0 heterocycles. The second kappa shape index (κ2) is 35.5. The van der Waals surface area contributed by atoms with Gasteiger partial charge in [-0.2, -0.15) is 0 Å². The molecule has 0 aliphatic rings. The van der Waals surface area contributed by atoms with Crippen LogP contribution in [0, 0.1) is 0 Å². The second-order valence-corrected chi connectivity index (χ2v) is 14.9. The molecule has 1 atom stereocenters. The molecule has 0 aliphatic heterocycles.